The minimum atomic E-state index is 0.00813. The fraction of sp³-hybridized carbons (Fsp3) is 0.579. The van der Waals surface area contributed by atoms with E-state index in [1.807, 2.05) is 11.8 Å². The van der Waals surface area contributed by atoms with Gasteiger partial charge in [0.1, 0.15) is 17.0 Å². The smallest absolute Gasteiger partial charge is 0.264 e. The average molecular weight is 404 g/mol. The van der Waals surface area contributed by atoms with Crippen LogP contribution in [-0.4, -0.2) is 77.0 Å². The molecule has 8 nitrogen and oxygen atoms in total. The Morgan fingerprint density at radius 3 is 2.68 bits per heavy atom. The standard InChI is InChI=1S/C19H25N5O3S/c1-12-15-17(20-10-14-4-3-9-27-14)21-11-22-18(15)28-16(12)19(26)24-7-5-23(6-8-24)13(2)25/h11,14H,3-10H2,1-2H3,(H,20,21,22). The number of anilines is 1. The zero-order chi connectivity index (χ0) is 19.7. The van der Waals surface area contributed by atoms with E-state index < -0.39 is 0 Å². The molecule has 28 heavy (non-hydrogen) atoms. The number of nitrogens with one attached hydrogen (secondary N) is 1. The van der Waals surface area contributed by atoms with Crippen LogP contribution in [-0.2, 0) is 9.53 Å². The van der Waals surface area contributed by atoms with Crippen LogP contribution >= 0.6 is 11.3 Å². The van der Waals surface area contributed by atoms with Crippen LogP contribution < -0.4 is 5.32 Å². The summed E-state index contributed by atoms with van der Waals surface area (Å²) in [6, 6.07) is 0. The van der Waals surface area contributed by atoms with Crippen molar-refractivity contribution in [1.29, 1.82) is 0 Å². The second-order valence-corrected chi connectivity index (χ2v) is 8.27. The SMILES string of the molecule is CC(=O)N1CCN(C(=O)c2sc3ncnc(NCC4CCCO4)c3c2C)CC1. The first-order valence-electron chi connectivity index (χ1n) is 9.69. The van der Waals surface area contributed by atoms with Gasteiger partial charge in [-0.15, -0.1) is 11.3 Å². The van der Waals surface area contributed by atoms with Crippen LogP contribution in [0, 0.1) is 6.92 Å². The van der Waals surface area contributed by atoms with E-state index in [2.05, 4.69) is 15.3 Å². The lowest BCUT2D eigenvalue weighted by Gasteiger charge is -2.34. The molecule has 0 bridgehead atoms. The lowest BCUT2D eigenvalue weighted by atomic mass is 10.1. The number of piperazine rings is 1. The Hall–Kier alpha value is -2.26. The van der Waals surface area contributed by atoms with E-state index in [4.69, 9.17) is 4.74 Å². The molecule has 2 aromatic heterocycles. The number of nitrogens with zero attached hydrogens (tertiary/aromatic N) is 4. The van der Waals surface area contributed by atoms with Crippen LogP contribution in [0.15, 0.2) is 6.33 Å². The van der Waals surface area contributed by atoms with Gasteiger partial charge in [0.15, 0.2) is 0 Å². The molecule has 1 atom stereocenters. The zero-order valence-corrected chi connectivity index (χ0v) is 17.0. The predicted octanol–water partition coefficient (Wildman–Crippen LogP) is 1.89. The molecule has 4 rings (SSSR count). The van der Waals surface area contributed by atoms with E-state index in [0.29, 0.717) is 37.6 Å². The minimum absolute atomic E-state index is 0.00813. The fourth-order valence-corrected chi connectivity index (χ4v) is 4.91. The molecule has 150 valence electrons. The molecular weight excluding hydrogens is 378 g/mol. The number of thiophene rings is 1. The van der Waals surface area contributed by atoms with Crippen LogP contribution in [0.2, 0.25) is 0 Å². The summed E-state index contributed by atoms with van der Waals surface area (Å²) in [6.07, 6.45) is 3.90. The number of hydrogen-bond donors (Lipinski definition) is 1. The molecule has 2 saturated heterocycles. The van der Waals surface area contributed by atoms with Crippen LogP contribution in [0.25, 0.3) is 10.2 Å². The Bertz CT molecular complexity index is 885. The molecule has 2 fully saturated rings. The predicted molar refractivity (Wildman–Crippen MR) is 108 cm³/mol. The molecule has 2 aliphatic heterocycles. The van der Waals surface area contributed by atoms with Gasteiger partial charge >= 0.3 is 0 Å². The van der Waals surface area contributed by atoms with Gasteiger partial charge in [-0.25, -0.2) is 9.97 Å². The summed E-state index contributed by atoms with van der Waals surface area (Å²) < 4.78 is 5.67. The molecule has 1 N–H and O–H groups in total. The molecule has 9 heteroatoms. The topological polar surface area (TPSA) is 87.7 Å². The lowest BCUT2D eigenvalue weighted by Crippen LogP contribution is -2.50. The summed E-state index contributed by atoms with van der Waals surface area (Å²) in [4.78, 5) is 38.5. The third-order valence-electron chi connectivity index (χ3n) is 5.45. The highest BCUT2D eigenvalue weighted by molar-refractivity contribution is 7.20. The van der Waals surface area contributed by atoms with Crippen LogP contribution in [0.1, 0.15) is 35.0 Å². The molecular formula is C19H25N5O3S. The van der Waals surface area contributed by atoms with Gasteiger partial charge in [-0.05, 0) is 25.3 Å². The Morgan fingerprint density at radius 1 is 1.25 bits per heavy atom. The third kappa shape index (κ3) is 3.68. The van der Waals surface area contributed by atoms with E-state index in [9.17, 15) is 9.59 Å². The molecule has 2 aliphatic rings. The number of rotatable bonds is 4. The maximum absolute atomic E-state index is 13.1. The van der Waals surface area contributed by atoms with E-state index in [-0.39, 0.29) is 17.9 Å². The van der Waals surface area contributed by atoms with Gasteiger partial charge in [0, 0.05) is 46.3 Å². The van der Waals surface area contributed by atoms with E-state index >= 15 is 0 Å². The fourth-order valence-electron chi connectivity index (χ4n) is 3.79. The van der Waals surface area contributed by atoms with Gasteiger partial charge in [0.2, 0.25) is 5.91 Å². The molecule has 0 aliphatic carbocycles. The van der Waals surface area contributed by atoms with Crippen molar-refractivity contribution >= 4 is 39.2 Å². The normalized spacial score (nSPS) is 20.0. The van der Waals surface area contributed by atoms with Crippen molar-refractivity contribution in [2.45, 2.75) is 32.8 Å². The van der Waals surface area contributed by atoms with Gasteiger partial charge in [-0.2, -0.15) is 0 Å². The van der Waals surface area contributed by atoms with Gasteiger partial charge < -0.3 is 19.9 Å². The van der Waals surface area contributed by atoms with Gasteiger partial charge in [-0.3, -0.25) is 9.59 Å². The average Bonchev–Trinajstić information content (AvgIpc) is 3.34. The Balaban J connectivity index is 1.53. The van der Waals surface area contributed by atoms with Gasteiger partial charge in [-0.1, -0.05) is 0 Å². The van der Waals surface area contributed by atoms with Crippen molar-refractivity contribution in [3.8, 4) is 0 Å². The number of amides is 2. The van der Waals surface area contributed by atoms with Crippen LogP contribution in [0.3, 0.4) is 0 Å². The molecule has 0 radical (unpaired) electrons. The van der Waals surface area contributed by atoms with Crippen LogP contribution in [0.5, 0.6) is 0 Å². The number of aromatic nitrogens is 2. The highest BCUT2D eigenvalue weighted by Gasteiger charge is 2.27. The number of fused-ring (bicyclic) bond motifs is 1. The highest BCUT2D eigenvalue weighted by atomic mass is 32.1. The summed E-state index contributed by atoms with van der Waals surface area (Å²) in [5.41, 5.74) is 0.912. The number of ether oxygens (including phenoxy) is 1. The van der Waals surface area contributed by atoms with Crippen molar-refractivity contribution in [3.05, 3.63) is 16.8 Å². The first kappa shape index (κ1) is 19.1. The Kier molecular flexibility index (Phi) is 5.45. The Morgan fingerprint density at radius 2 is 2.00 bits per heavy atom. The summed E-state index contributed by atoms with van der Waals surface area (Å²) in [6.45, 7) is 7.33. The molecule has 1 unspecified atom stereocenters. The molecule has 0 saturated carbocycles. The number of hydrogen-bond acceptors (Lipinski definition) is 7. The molecule has 0 spiro atoms. The highest BCUT2D eigenvalue weighted by Crippen LogP contribution is 2.34. The largest absolute Gasteiger partial charge is 0.376 e. The maximum Gasteiger partial charge on any atom is 0.264 e. The first-order valence-corrected chi connectivity index (χ1v) is 10.5. The molecule has 4 heterocycles. The maximum atomic E-state index is 13.1. The van der Waals surface area contributed by atoms with E-state index in [1.165, 1.54) is 17.7 Å². The second-order valence-electron chi connectivity index (χ2n) is 7.27. The van der Waals surface area contributed by atoms with E-state index in [1.54, 1.807) is 11.8 Å². The van der Waals surface area contributed by atoms with Gasteiger partial charge in [0.25, 0.3) is 5.91 Å². The van der Waals surface area contributed by atoms with Crippen molar-refractivity contribution < 1.29 is 14.3 Å². The summed E-state index contributed by atoms with van der Waals surface area (Å²) in [5, 5.41) is 4.30. The van der Waals surface area contributed by atoms with Crippen LogP contribution in [0.4, 0.5) is 5.82 Å². The second kappa shape index (κ2) is 8.00. The molecule has 2 aromatic rings. The minimum Gasteiger partial charge on any atom is -0.376 e. The first-order chi connectivity index (χ1) is 13.5. The quantitative estimate of drug-likeness (QED) is 0.839. The van der Waals surface area contributed by atoms with Gasteiger partial charge in [0.05, 0.1) is 16.4 Å². The Labute approximate surface area is 167 Å². The van der Waals surface area contributed by atoms with Crippen molar-refractivity contribution in [3.63, 3.8) is 0 Å². The van der Waals surface area contributed by atoms with E-state index in [0.717, 1.165) is 41.0 Å². The number of aryl methyl sites for hydroxylation is 1. The summed E-state index contributed by atoms with van der Waals surface area (Å²) >= 11 is 1.41. The lowest BCUT2D eigenvalue weighted by molar-refractivity contribution is -0.130. The molecule has 0 aromatic carbocycles. The number of carbonyl (C=O) groups is 2. The molecule has 2 amide bonds. The van der Waals surface area contributed by atoms with Crippen molar-refractivity contribution in [1.82, 2.24) is 19.8 Å². The number of carbonyl (C=O) groups excluding carboxylic acids is 2. The monoisotopic (exact) mass is 403 g/mol. The summed E-state index contributed by atoms with van der Waals surface area (Å²) in [5.74, 6) is 0.825. The van der Waals surface area contributed by atoms with Crippen molar-refractivity contribution in [2.24, 2.45) is 0 Å². The third-order valence-corrected chi connectivity index (χ3v) is 6.64. The zero-order valence-electron chi connectivity index (χ0n) is 16.2. The summed E-state index contributed by atoms with van der Waals surface area (Å²) in [7, 11) is 0. The van der Waals surface area contributed by atoms with Crippen molar-refractivity contribution in [2.75, 3.05) is 44.6 Å².